The summed E-state index contributed by atoms with van der Waals surface area (Å²) < 4.78 is 10.5. The molecule has 2 heterocycles. The van der Waals surface area contributed by atoms with Crippen molar-refractivity contribution in [2.24, 2.45) is 5.92 Å². The lowest BCUT2D eigenvalue weighted by molar-refractivity contribution is -0.126. The first-order chi connectivity index (χ1) is 17.0. The summed E-state index contributed by atoms with van der Waals surface area (Å²) in [7, 11) is 3.11. The third-order valence-electron chi connectivity index (χ3n) is 6.58. The van der Waals surface area contributed by atoms with Gasteiger partial charge in [-0.2, -0.15) is 0 Å². The second-order valence-electron chi connectivity index (χ2n) is 8.74. The zero-order valence-electron chi connectivity index (χ0n) is 20.2. The van der Waals surface area contributed by atoms with Gasteiger partial charge in [-0.1, -0.05) is 18.2 Å². The molecule has 0 radical (unpaired) electrons. The molecule has 2 aromatic carbocycles. The van der Waals surface area contributed by atoms with Crippen molar-refractivity contribution < 1.29 is 23.9 Å². The Balaban J connectivity index is 1.20. The number of nitrogens with one attached hydrogen (secondary N) is 1. The lowest BCUT2D eigenvalue weighted by Crippen LogP contribution is -2.50. The van der Waals surface area contributed by atoms with E-state index in [1.807, 2.05) is 35.2 Å². The van der Waals surface area contributed by atoms with Gasteiger partial charge in [0.15, 0.2) is 11.5 Å². The zero-order valence-corrected chi connectivity index (χ0v) is 20.2. The quantitative estimate of drug-likeness (QED) is 0.618. The monoisotopic (exact) mass is 480 g/mol. The molecule has 186 valence electrons. The van der Waals surface area contributed by atoms with E-state index in [0.29, 0.717) is 49.8 Å². The van der Waals surface area contributed by atoms with Crippen molar-refractivity contribution in [1.29, 1.82) is 0 Å². The van der Waals surface area contributed by atoms with Crippen molar-refractivity contribution in [2.75, 3.05) is 64.9 Å². The molecule has 2 fully saturated rings. The zero-order chi connectivity index (χ0) is 24.8. The van der Waals surface area contributed by atoms with Crippen LogP contribution in [0.15, 0.2) is 48.5 Å². The summed E-state index contributed by atoms with van der Waals surface area (Å²) in [5.74, 6) is 0.645. The van der Waals surface area contributed by atoms with Gasteiger partial charge in [-0.25, -0.2) is 0 Å². The Labute approximate surface area is 205 Å². The van der Waals surface area contributed by atoms with E-state index in [1.165, 1.54) is 0 Å². The first kappa shape index (κ1) is 24.5. The molecule has 1 unspecified atom stereocenters. The van der Waals surface area contributed by atoms with Gasteiger partial charge in [0.05, 0.1) is 20.1 Å². The van der Waals surface area contributed by atoms with E-state index in [9.17, 15) is 14.4 Å². The number of carbonyl (C=O) groups excluding carboxylic acids is 3. The van der Waals surface area contributed by atoms with Crippen molar-refractivity contribution in [1.82, 2.24) is 15.1 Å². The van der Waals surface area contributed by atoms with Gasteiger partial charge >= 0.3 is 0 Å². The molecule has 9 nitrogen and oxygen atoms in total. The lowest BCUT2D eigenvalue weighted by atomic mass is 10.1. The normalized spacial score (nSPS) is 18.5. The smallest absolute Gasteiger partial charge is 0.254 e. The molecule has 1 N–H and O–H groups in total. The maximum atomic E-state index is 12.9. The number of ether oxygens (including phenoxy) is 2. The van der Waals surface area contributed by atoms with Crippen LogP contribution in [0.4, 0.5) is 5.69 Å². The number of piperazine rings is 1. The van der Waals surface area contributed by atoms with Crippen LogP contribution in [-0.2, 0) is 9.59 Å². The summed E-state index contributed by atoms with van der Waals surface area (Å²) in [4.78, 5) is 43.6. The predicted octanol–water partition coefficient (Wildman–Crippen LogP) is 1.63. The predicted molar refractivity (Wildman–Crippen MR) is 132 cm³/mol. The number of nitrogens with zero attached hydrogens (tertiary/aromatic N) is 3. The Morgan fingerprint density at radius 3 is 2.37 bits per heavy atom. The Morgan fingerprint density at radius 2 is 1.69 bits per heavy atom. The largest absolute Gasteiger partial charge is 0.493 e. The minimum atomic E-state index is -0.335. The molecular formula is C26H32N4O5. The second-order valence-corrected chi connectivity index (χ2v) is 8.74. The molecule has 2 aliphatic heterocycles. The standard InChI is InChI=1S/C26H32N4O5/c1-34-22-9-8-19(16-23(22)35-2)26(33)29-14-12-28(13-15-29)11-10-27-25(32)20-17-24(31)30(18-20)21-6-4-3-5-7-21/h3-9,16,20H,10-15,17-18H2,1-2H3,(H,27,32). The first-order valence-electron chi connectivity index (χ1n) is 11.9. The molecule has 2 aromatic rings. The number of amides is 3. The molecule has 0 saturated carbocycles. The number of para-hydroxylation sites is 1. The molecule has 0 bridgehead atoms. The summed E-state index contributed by atoms with van der Waals surface area (Å²) in [6, 6.07) is 14.6. The lowest BCUT2D eigenvalue weighted by Gasteiger charge is -2.34. The number of benzene rings is 2. The van der Waals surface area contributed by atoms with Gasteiger partial charge in [-0.05, 0) is 30.3 Å². The highest BCUT2D eigenvalue weighted by atomic mass is 16.5. The molecule has 3 amide bonds. The average Bonchev–Trinajstić information content (AvgIpc) is 3.30. The third-order valence-corrected chi connectivity index (χ3v) is 6.58. The fourth-order valence-corrected chi connectivity index (χ4v) is 4.55. The van der Waals surface area contributed by atoms with E-state index < -0.39 is 0 Å². The van der Waals surface area contributed by atoms with Crippen LogP contribution in [-0.4, -0.2) is 87.6 Å². The Kier molecular flexibility index (Phi) is 7.87. The number of methoxy groups -OCH3 is 2. The summed E-state index contributed by atoms with van der Waals surface area (Å²) in [6.45, 7) is 4.32. The summed E-state index contributed by atoms with van der Waals surface area (Å²) in [5, 5.41) is 2.98. The number of hydrogen-bond donors (Lipinski definition) is 1. The fourth-order valence-electron chi connectivity index (χ4n) is 4.55. The fraction of sp³-hybridized carbons (Fsp3) is 0.423. The molecule has 2 saturated heterocycles. The first-order valence-corrected chi connectivity index (χ1v) is 11.9. The molecule has 0 spiro atoms. The molecular weight excluding hydrogens is 448 g/mol. The second kappa shape index (κ2) is 11.2. The van der Waals surface area contributed by atoms with Crippen molar-refractivity contribution in [3.8, 4) is 11.5 Å². The Morgan fingerprint density at radius 1 is 0.971 bits per heavy atom. The van der Waals surface area contributed by atoms with Crippen LogP contribution in [0.3, 0.4) is 0 Å². The van der Waals surface area contributed by atoms with Crippen LogP contribution in [0.5, 0.6) is 11.5 Å². The summed E-state index contributed by atoms with van der Waals surface area (Å²) in [6.07, 6.45) is 0.234. The molecule has 1 atom stereocenters. The highest BCUT2D eigenvalue weighted by Gasteiger charge is 2.35. The Bertz CT molecular complexity index is 1050. The van der Waals surface area contributed by atoms with Crippen LogP contribution < -0.4 is 19.7 Å². The Hall–Kier alpha value is -3.59. The van der Waals surface area contributed by atoms with Crippen molar-refractivity contribution in [2.45, 2.75) is 6.42 Å². The van der Waals surface area contributed by atoms with Crippen LogP contribution in [0.25, 0.3) is 0 Å². The van der Waals surface area contributed by atoms with Gasteiger partial charge in [0.2, 0.25) is 11.8 Å². The van der Waals surface area contributed by atoms with Gasteiger partial charge in [0.1, 0.15) is 0 Å². The van der Waals surface area contributed by atoms with E-state index in [-0.39, 0.29) is 30.1 Å². The van der Waals surface area contributed by atoms with Gasteiger partial charge < -0.3 is 24.6 Å². The van der Waals surface area contributed by atoms with Crippen molar-refractivity contribution in [3.63, 3.8) is 0 Å². The van der Waals surface area contributed by atoms with Crippen LogP contribution >= 0.6 is 0 Å². The average molecular weight is 481 g/mol. The molecule has 35 heavy (non-hydrogen) atoms. The van der Waals surface area contributed by atoms with Gasteiger partial charge in [0, 0.05) is 63.5 Å². The number of rotatable bonds is 8. The minimum Gasteiger partial charge on any atom is -0.493 e. The number of hydrogen-bond acceptors (Lipinski definition) is 6. The molecule has 0 aliphatic carbocycles. The maximum Gasteiger partial charge on any atom is 0.254 e. The number of anilines is 1. The molecule has 0 aromatic heterocycles. The molecule has 4 rings (SSSR count). The highest BCUT2D eigenvalue weighted by Crippen LogP contribution is 2.28. The van der Waals surface area contributed by atoms with Gasteiger partial charge in [-0.15, -0.1) is 0 Å². The molecule has 9 heteroatoms. The van der Waals surface area contributed by atoms with Gasteiger partial charge in [0.25, 0.3) is 5.91 Å². The van der Waals surface area contributed by atoms with E-state index >= 15 is 0 Å². The third kappa shape index (κ3) is 5.74. The van der Waals surface area contributed by atoms with E-state index in [2.05, 4.69) is 10.2 Å². The van der Waals surface area contributed by atoms with Crippen LogP contribution in [0.2, 0.25) is 0 Å². The topological polar surface area (TPSA) is 91.4 Å². The molecule has 2 aliphatic rings. The summed E-state index contributed by atoms with van der Waals surface area (Å²) in [5.41, 5.74) is 1.40. The summed E-state index contributed by atoms with van der Waals surface area (Å²) >= 11 is 0. The SMILES string of the molecule is COc1ccc(C(=O)N2CCN(CCNC(=O)C3CC(=O)N(c4ccccc4)C3)CC2)cc1OC. The number of carbonyl (C=O) groups is 3. The van der Waals surface area contributed by atoms with Crippen molar-refractivity contribution in [3.05, 3.63) is 54.1 Å². The van der Waals surface area contributed by atoms with E-state index in [4.69, 9.17) is 9.47 Å². The van der Waals surface area contributed by atoms with Crippen LogP contribution in [0, 0.1) is 5.92 Å². The van der Waals surface area contributed by atoms with Gasteiger partial charge in [-0.3, -0.25) is 19.3 Å². The van der Waals surface area contributed by atoms with Crippen LogP contribution in [0.1, 0.15) is 16.8 Å². The van der Waals surface area contributed by atoms with E-state index in [0.717, 1.165) is 18.8 Å². The van der Waals surface area contributed by atoms with E-state index in [1.54, 1.807) is 37.3 Å². The maximum absolute atomic E-state index is 12.9. The minimum absolute atomic E-state index is 0.0216. The highest BCUT2D eigenvalue weighted by molar-refractivity contribution is 6.00. The van der Waals surface area contributed by atoms with Crippen molar-refractivity contribution >= 4 is 23.4 Å².